The van der Waals surface area contributed by atoms with Gasteiger partial charge in [-0.1, -0.05) is 30.3 Å². The van der Waals surface area contributed by atoms with Crippen molar-refractivity contribution < 1.29 is 9.59 Å². The molecule has 7 rings (SSSR count). The van der Waals surface area contributed by atoms with Crippen molar-refractivity contribution in [3.8, 4) is 0 Å². The Morgan fingerprint density at radius 1 is 1.10 bits per heavy atom. The monoisotopic (exact) mass is 561 g/mol. The van der Waals surface area contributed by atoms with E-state index in [1.165, 1.54) is 10.5 Å². The van der Waals surface area contributed by atoms with Crippen molar-refractivity contribution in [3.05, 3.63) is 92.8 Å². The number of aromatic amines is 1. The number of H-pyrrole nitrogens is 1. The van der Waals surface area contributed by atoms with Crippen LogP contribution in [0.1, 0.15) is 49.8 Å². The van der Waals surface area contributed by atoms with E-state index >= 15 is 0 Å². The van der Waals surface area contributed by atoms with Gasteiger partial charge in [-0.25, -0.2) is 9.97 Å². The topological polar surface area (TPSA) is 116 Å². The average Bonchev–Trinajstić information content (AvgIpc) is 3.70. The molecule has 0 radical (unpaired) electrons. The van der Waals surface area contributed by atoms with Gasteiger partial charge in [0.05, 0.1) is 17.6 Å². The molecule has 0 unspecified atom stereocenters. The van der Waals surface area contributed by atoms with Gasteiger partial charge in [0.15, 0.2) is 5.78 Å². The third-order valence-corrected chi connectivity index (χ3v) is 8.71. The molecule has 0 spiro atoms. The van der Waals surface area contributed by atoms with Crippen molar-refractivity contribution in [2.75, 3.05) is 18.4 Å². The zero-order chi connectivity index (χ0) is 27.9. The van der Waals surface area contributed by atoms with Gasteiger partial charge in [0.1, 0.15) is 16.2 Å². The van der Waals surface area contributed by atoms with E-state index in [4.69, 9.17) is 4.98 Å². The van der Waals surface area contributed by atoms with Crippen LogP contribution >= 0.6 is 11.3 Å². The largest absolute Gasteiger partial charge is 0.324 e. The molecule has 0 saturated carbocycles. The Morgan fingerprint density at radius 3 is 2.83 bits per heavy atom. The lowest BCUT2D eigenvalue weighted by Gasteiger charge is -2.26. The maximum atomic E-state index is 13.4. The van der Waals surface area contributed by atoms with Crippen molar-refractivity contribution in [2.24, 2.45) is 4.99 Å². The van der Waals surface area contributed by atoms with Crippen LogP contribution < -0.4 is 5.32 Å². The number of anilines is 1. The fraction of sp³-hybridized carbons (Fsp3) is 0.226. The molecule has 1 amide bonds. The number of Topliss-reactive ketones (excluding diaryl/α,β-unsaturated/α-hetero) is 1. The number of amides is 1. The molecular weight excluding hydrogens is 534 g/mol. The summed E-state index contributed by atoms with van der Waals surface area (Å²) in [7, 11) is 0. The lowest BCUT2D eigenvalue weighted by atomic mass is 10.1. The van der Waals surface area contributed by atoms with Crippen molar-refractivity contribution in [1.82, 2.24) is 24.8 Å². The van der Waals surface area contributed by atoms with Gasteiger partial charge in [-0.2, -0.15) is 0 Å². The van der Waals surface area contributed by atoms with Crippen molar-refractivity contribution in [1.29, 1.82) is 0 Å². The maximum Gasteiger partial charge on any atom is 0.276 e. The molecule has 41 heavy (non-hydrogen) atoms. The predicted molar refractivity (Wildman–Crippen MR) is 161 cm³/mol. The van der Waals surface area contributed by atoms with Gasteiger partial charge in [-0.05, 0) is 36.1 Å². The van der Waals surface area contributed by atoms with Gasteiger partial charge in [0, 0.05) is 66.4 Å². The molecule has 204 valence electrons. The van der Waals surface area contributed by atoms with Crippen LogP contribution in [0.3, 0.4) is 0 Å². The minimum absolute atomic E-state index is 0.0528. The van der Waals surface area contributed by atoms with Crippen molar-refractivity contribution in [3.63, 3.8) is 0 Å². The summed E-state index contributed by atoms with van der Waals surface area (Å²) in [6.07, 6.45) is 5.69. The number of nitrogens with one attached hydrogen (secondary N) is 2. The Labute approximate surface area is 240 Å². The second-order valence-corrected chi connectivity index (χ2v) is 11.6. The number of pyridine rings is 1. The van der Waals surface area contributed by atoms with E-state index < -0.39 is 0 Å². The number of carbonyl (C=O) groups excluding carboxylic acids is 2. The summed E-state index contributed by atoms with van der Waals surface area (Å²) in [5.74, 6) is -0.164. The number of para-hydroxylation sites is 1. The number of hydrogen-bond donors (Lipinski definition) is 2. The Balaban J connectivity index is 1.06. The van der Waals surface area contributed by atoms with E-state index in [9.17, 15) is 9.59 Å². The Morgan fingerprint density at radius 2 is 1.98 bits per heavy atom. The molecule has 9 nitrogen and oxygen atoms in total. The number of nitrogens with zero attached hydrogens (tertiary/aromatic N) is 5. The fourth-order valence-corrected chi connectivity index (χ4v) is 6.58. The zero-order valence-electron chi connectivity index (χ0n) is 22.5. The van der Waals surface area contributed by atoms with Gasteiger partial charge in [-0.3, -0.25) is 29.8 Å². The number of carbonyl (C=O) groups is 2. The number of aliphatic imine (C=N–C) groups is 1. The van der Waals surface area contributed by atoms with E-state index in [1.54, 1.807) is 29.7 Å². The fourth-order valence-electron chi connectivity index (χ4n) is 5.42. The van der Waals surface area contributed by atoms with Crippen LogP contribution in [0, 0.1) is 0 Å². The van der Waals surface area contributed by atoms with Crippen LogP contribution in [0.2, 0.25) is 0 Å². The number of allylic oxidation sites excluding steroid dienone is 1. The first-order chi connectivity index (χ1) is 20.0. The highest BCUT2D eigenvalue weighted by Crippen LogP contribution is 2.29. The molecule has 5 aromatic rings. The van der Waals surface area contributed by atoms with E-state index in [0.717, 1.165) is 59.6 Å². The molecule has 2 aliphatic rings. The summed E-state index contributed by atoms with van der Waals surface area (Å²) in [4.78, 5) is 51.2. The maximum absolute atomic E-state index is 13.4. The molecule has 0 saturated heterocycles. The van der Waals surface area contributed by atoms with Gasteiger partial charge in [0.2, 0.25) is 5.95 Å². The van der Waals surface area contributed by atoms with Crippen LogP contribution in [-0.2, 0) is 19.4 Å². The summed E-state index contributed by atoms with van der Waals surface area (Å²) in [5, 5.41) is 5.50. The molecule has 2 aliphatic heterocycles. The minimum Gasteiger partial charge on any atom is -0.324 e. The van der Waals surface area contributed by atoms with E-state index in [0.29, 0.717) is 16.6 Å². The molecule has 0 fully saturated rings. The van der Waals surface area contributed by atoms with Gasteiger partial charge in [0.25, 0.3) is 5.91 Å². The van der Waals surface area contributed by atoms with E-state index in [2.05, 4.69) is 37.1 Å². The highest BCUT2D eigenvalue weighted by molar-refractivity contribution is 7.11. The summed E-state index contributed by atoms with van der Waals surface area (Å²) >= 11 is 1.63. The molecule has 0 atom stereocenters. The average molecular weight is 562 g/mol. The zero-order valence-corrected chi connectivity index (χ0v) is 23.3. The minimum atomic E-state index is -0.378. The second-order valence-electron chi connectivity index (χ2n) is 10.4. The van der Waals surface area contributed by atoms with Gasteiger partial charge in [-0.15, -0.1) is 11.3 Å². The van der Waals surface area contributed by atoms with Crippen molar-refractivity contribution >= 4 is 57.0 Å². The molecule has 3 aromatic heterocycles. The molecule has 10 heteroatoms. The summed E-state index contributed by atoms with van der Waals surface area (Å²) < 4.78 is 0. The number of fused-ring (bicyclic) bond motifs is 3. The van der Waals surface area contributed by atoms with Crippen LogP contribution in [0.4, 0.5) is 5.95 Å². The van der Waals surface area contributed by atoms with Crippen LogP contribution in [0.5, 0.6) is 0 Å². The predicted octanol–water partition coefficient (Wildman–Crippen LogP) is 5.35. The SMILES string of the molecule is CC1=C(CN2CCc3nc(CC(=O)c4cccc5[nH]c(NC(=O)c6cc7ccccc7cn6)nc45)sc3C2)CC=N1. The van der Waals surface area contributed by atoms with Crippen LogP contribution in [0.25, 0.3) is 21.8 Å². The Kier molecular flexibility index (Phi) is 6.49. The van der Waals surface area contributed by atoms with Crippen LogP contribution in [0.15, 0.2) is 71.0 Å². The summed E-state index contributed by atoms with van der Waals surface area (Å²) in [6.45, 7) is 4.80. The number of hydrogen-bond acceptors (Lipinski definition) is 8. The summed E-state index contributed by atoms with van der Waals surface area (Å²) in [6, 6.07) is 14.9. The molecule has 0 aliphatic carbocycles. The summed E-state index contributed by atoms with van der Waals surface area (Å²) in [5.41, 5.74) is 5.60. The molecule has 5 heterocycles. The third kappa shape index (κ3) is 5.07. The van der Waals surface area contributed by atoms with Crippen molar-refractivity contribution in [2.45, 2.75) is 32.7 Å². The molecular formula is C31H27N7O2S. The Hall–Kier alpha value is -4.54. The van der Waals surface area contributed by atoms with Crippen LogP contribution in [-0.4, -0.2) is 55.8 Å². The molecule has 0 bridgehead atoms. The highest BCUT2D eigenvalue weighted by Gasteiger charge is 2.24. The van der Waals surface area contributed by atoms with E-state index in [1.807, 2.05) is 42.6 Å². The van der Waals surface area contributed by atoms with E-state index in [-0.39, 0.29) is 29.8 Å². The quantitative estimate of drug-likeness (QED) is 0.259. The lowest BCUT2D eigenvalue weighted by Crippen LogP contribution is -2.31. The van der Waals surface area contributed by atoms with Gasteiger partial charge < -0.3 is 4.98 Å². The number of rotatable bonds is 7. The highest BCUT2D eigenvalue weighted by atomic mass is 32.1. The number of imidazole rings is 1. The molecule has 2 N–H and O–H groups in total. The van der Waals surface area contributed by atoms with Gasteiger partial charge >= 0.3 is 0 Å². The smallest absolute Gasteiger partial charge is 0.276 e. The number of thiazole rings is 1. The standard InChI is InChI=1S/C31H27N7O2S/c1-18-21(9-11-32-18)16-38-12-10-23-27(17-38)41-28(34-23)14-26(39)22-7-4-8-24-29(22)36-31(35-24)37-30(40)25-13-19-5-2-3-6-20(19)15-33-25/h2-8,11,13,15H,9-10,12,14,16-17H2,1H3,(H2,35,36,37,40). The number of benzene rings is 2. The first kappa shape index (κ1) is 25.4. The second kappa shape index (κ2) is 10.5. The number of aromatic nitrogens is 4. The first-order valence-corrected chi connectivity index (χ1v) is 14.4. The Bertz CT molecular complexity index is 1900. The lowest BCUT2D eigenvalue weighted by molar-refractivity contribution is 0.0992. The first-order valence-electron chi connectivity index (χ1n) is 13.6. The number of ketones is 1. The molecule has 2 aromatic carbocycles. The third-order valence-electron chi connectivity index (χ3n) is 7.62. The normalized spacial score (nSPS) is 15.1.